The second kappa shape index (κ2) is 9.61. The van der Waals surface area contributed by atoms with Crippen LogP contribution in [0.2, 0.25) is 0 Å². The van der Waals surface area contributed by atoms with Crippen molar-refractivity contribution in [2.75, 3.05) is 11.8 Å². The molecule has 20 heavy (non-hydrogen) atoms. The van der Waals surface area contributed by atoms with Gasteiger partial charge in [0.05, 0.1) is 0 Å². The molecular weight excluding hydrogens is 299 g/mol. The maximum absolute atomic E-state index is 11.3. The van der Waals surface area contributed by atoms with Crippen molar-refractivity contribution < 1.29 is 9.59 Å². The highest BCUT2D eigenvalue weighted by Gasteiger charge is 2.03. The van der Waals surface area contributed by atoms with E-state index in [0.717, 1.165) is 11.1 Å². The summed E-state index contributed by atoms with van der Waals surface area (Å²) in [6.07, 6.45) is 0.630. The van der Waals surface area contributed by atoms with Gasteiger partial charge in [0.25, 0.3) is 0 Å². The van der Waals surface area contributed by atoms with Gasteiger partial charge in [-0.25, -0.2) is 0 Å². The predicted octanol–water partition coefficient (Wildman–Crippen LogP) is 2.18. The van der Waals surface area contributed by atoms with Crippen molar-refractivity contribution in [1.29, 1.82) is 0 Å². The average molecular weight is 317 g/mol. The minimum atomic E-state index is -0.0687. The van der Waals surface area contributed by atoms with Gasteiger partial charge in [-0.15, -0.1) is 23.2 Å². The van der Waals surface area contributed by atoms with Crippen LogP contribution in [0.1, 0.15) is 24.0 Å². The minimum Gasteiger partial charge on any atom is -0.352 e. The Bertz CT molecular complexity index is 415. The molecule has 0 atom stereocenters. The molecule has 1 rings (SSSR count). The van der Waals surface area contributed by atoms with E-state index in [9.17, 15) is 9.59 Å². The van der Waals surface area contributed by atoms with E-state index in [0.29, 0.717) is 37.7 Å². The molecular formula is C14H18Cl2N2O2. The summed E-state index contributed by atoms with van der Waals surface area (Å²) in [5.74, 6) is 0.498. The maximum Gasteiger partial charge on any atom is 0.221 e. The summed E-state index contributed by atoms with van der Waals surface area (Å²) in [7, 11) is 0. The van der Waals surface area contributed by atoms with E-state index in [1.807, 2.05) is 24.3 Å². The van der Waals surface area contributed by atoms with Crippen LogP contribution in [0.15, 0.2) is 24.3 Å². The molecule has 2 N–H and O–H groups in total. The standard InChI is InChI=1S/C14H18Cl2N2O2/c15-6-4-13(19)17-9-11-2-1-3-12(8-11)10-18-14(20)5-7-16/h1-3,8H,4-7,9-10H2,(H,17,19)(H,18,20). The van der Waals surface area contributed by atoms with Crippen LogP contribution in [-0.2, 0) is 22.7 Å². The Morgan fingerprint density at radius 3 is 1.75 bits per heavy atom. The molecule has 1 aromatic carbocycles. The molecule has 0 fully saturated rings. The van der Waals surface area contributed by atoms with Crippen molar-refractivity contribution in [1.82, 2.24) is 10.6 Å². The summed E-state index contributed by atoms with van der Waals surface area (Å²) >= 11 is 11.0. The minimum absolute atomic E-state index is 0.0687. The lowest BCUT2D eigenvalue weighted by Crippen LogP contribution is -2.24. The van der Waals surface area contributed by atoms with Crippen molar-refractivity contribution in [3.8, 4) is 0 Å². The molecule has 2 amide bonds. The highest BCUT2D eigenvalue weighted by Crippen LogP contribution is 2.05. The number of hydrogen-bond acceptors (Lipinski definition) is 2. The molecule has 4 nitrogen and oxygen atoms in total. The van der Waals surface area contributed by atoms with Gasteiger partial charge in [0.1, 0.15) is 0 Å². The highest BCUT2D eigenvalue weighted by atomic mass is 35.5. The van der Waals surface area contributed by atoms with Crippen LogP contribution in [0, 0.1) is 0 Å². The number of hydrogen-bond donors (Lipinski definition) is 2. The number of nitrogens with one attached hydrogen (secondary N) is 2. The SMILES string of the molecule is O=C(CCCl)NCc1cccc(CNC(=O)CCCl)c1. The molecule has 0 bridgehead atoms. The average Bonchev–Trinajstić information content (AvgIpc) is 2.44. The van der Waals surface area contributed by atoms with E-state index in [-0.39, 0.29) is 11.8 Å². The van der Waals surface area contributed by atoms with Gasteiger partial charge in [-0.1, -0.05) is 24.3 Å². The molecule has 0 aliphatic rings. The zero-order valence-corrected chi connectivity index (χ0v) is 12.6. The summed E-state index contributed by atoms with van der Waals surface area (Å²) in [4.78, 5) is 22.6. The number of carbonyl (C=O) groups is 2. The van der Waals surface area contributed by atoms with Crippen LogP contribution in [-0.4, -0.2) is 23.6 Å². The largest absolute Gasteiger partial charge is 0.352 e. The molecule has 0 aromatic heterocycles. The first-order chi connectivity index (χ1) is 9.65. The van der Waals surface area contributed by atoms with Gasteiger partial charge < -0.3 is 10.6 Å². The Labute approximate surface area is 128 Å². The molecule has 0 radical (unpaired) electrons. The Morgan fingerprint density at radius 2 is 1.35 bits per heavy atom. The quantitative estimate of drug-likeness (QED) is 0.722. The van der Waals surface area contributed by atoms with Crippen molar-refractivity contribution >= 4 is 35.0 Å². The third-order valence-corrected chi connectivity index (χ3v) is 2.99. The lowest BCUT2D eigenvalue weighted by Gasteiger charge is -2.08. The van der Waals surface area contributed by atoms with Gasteiger partial charge in [-0.05, 0) is 11.1 Å². The number of alkyl halides is 2. The lowest BCUT2D eigenvalue weighted by atomic mass is 10.1. The van der Waals surface area contributed by atoms with E-state index in [2.05, 4.69) is 10.6 Å². The van der Waals surface area contributed by atoms with Gasteiger partial charge >= 0.3 is 0 Å². The number of benzene rings is 1. The summed E-state index contributed by atoms with van der Waals surface area (Å²) in [6, 6.07) is 7.68. The lowest BCUT2D eigenvalue weighted by molar-refractivity contribution is -0.121. The van der Waals surface area contributed by atoms with Gasteiger partial charge in [-0.2, -0.15) is 0 Å². The summed E-state index contributed by atoms with van der Waals surface area (Å²) in [5, 5.41) is 5.57. The monoisotopic (exact) mass is 316 g/mol. The predicted molar refractivity (Wildman–Crippen MR) is 80.8 cm³/mol. The molecule has 0 unspecified atom stereocenters. The van der Waals surface area contributed by atoms with Crippen molar-refractivity contribution in [2.45, 2.75) is 25.9 Å². The Morgan fingerprint density at radius 1 is 0.900 bits per heavy atom. The molecule has 6 heteroatoms. The van der Waals surface area contributed by atoms with Crippen LogP contribution < -0.4 is 10.6 Å². The molecule has 110 valence electrons. The van der Waals surface area contributed by atoms with Gasteiger partial charge in [0.15, 0.2) is 0 Å². The Hall–Kier alpha value is -1.26. The molecule has 0 aliphatic carbocycles. The summed E-state index contributed by atoms with van der Waals surface area (Å²) < 4.78 is 0. The first-order valence-corrected chi connectivity index (χ1v) is 7.45. The van der Waals surface area contributed by atoms with Crippen LogP contribution in [0.5, 0.6) is 0 Å². The van der Waals surface area contributed by atoms with Crippen LogP contribution >= 0.6 is 23.2 Å². The van der Waals surface area contributed by atoms with Crippen LogP contribution in [0.3, 0.4) is 0 Å². The Kier molecular flexibility index (Phi) is 8.07. The van der Waals surface area contributed by atoms with Gasteiger partial charge in [0, 0.05) is 37.7 Å². The first-order valence-electron chi connectivity index (χ1n) is 6.39. The smallest absolute Gasteiger partial charge is 0.221 e. The van der Waals surface area contributed by atoms with Crippen molar-refractivity contribution in [3.05, 3.63) is 35.4 Å². The van der Waals surface area contributed by atoms with E-state index in [4.69, 9.17) is 23.2 Å². The Balaban J connectivity index is 2.45. The van der Waals surface area contributed by atoms with E-state index >= 15 is 0 Å². The van der Waals surface area contributed by atoms with E-state index in [1.165, 1.54) is 0 Å². The van der Waals surface area contributed by atoms with Gasteiger partial charge in [0.2, 0.25) is 11.8 Å². The zero-order valence-electron chi connectivity index (χ0n) is 11.1. The van der Waals surface area contributed by atoms with E-state index < -0.39 is 0 Å². The van der Waals surface area contributed by atoms with Crippen molar-refractivity contribution in [2.24, 2.45) is 0 Å². The molecule has 0 saturated carbocycles. The topological polar surface area (TPSA) is 58.2 Å². The fourth-order valence-corrected chi connectivity index (χ4v) is 1.94. The fraction of sp³-hybridized carbons (Fsp3) is 0.429. The fourth-order valence-electron chi connectivity index (χ4n) is 1.60. The van der Waals surface area contributed by atoms with E-state index in [1.54, 1.807) is 0 Å². The number of halogens is 2. The van der Waals surface area contributed by atoms with Gasteiger partial charge in [-0.3, -0.25) is 9.59 Å². The molecule has 1 aromatic rings. The third kappa shape index (κ3) is 6.78. The molecule has 0 saturated heterocycles. The number of carbonyl (C=O) groups excluding carboxylic acids is 2. The second-order valence-electron chi connectivity index (χ2n) is 4.25. The molecule has 0 aliphatic heterocycles. The second-order valence-corrected chi connectivity index (χ2v) is 5.01. The van der Waals surface area contributed by atoms with Crippen molar-refractivity contribution in [3.63, 3.8) is 0 Å². The number of rotatable bonds is 8. The van der Waals surface area contributed by atoms with Crippen LogP contribution in [0.4, 0.5) is 0 Å². The number of amides is 2. The maximum atomic E-state index is 11.3. The summed E-state index contributed by atoms with van der Waals surface area (Å²) in [6.45, 7) is 0.915. The molecule has 0 spiro atoms. The summed E-state index contributed by atoms with van der Waals surface area (Å²) in [5.41, 5.74) is 1.97. The normalized spacial score (nSPS) is 10.1. The van der Waals surface area contributed by atoms with Crippen LogP contribution in [0.25, 0.3) is 0 Å². The first kappa shape index (κ1) is 16.8. The molecule has 0 heterocycles. The highest BCUT2D eigenvalue weighted by molar-refractivity contribution is 6.19. The third-order valence-electron chi connectivity index (χ3n) is 2.61. The zero-order chi connectivity index (χ0) is 14.8.